The van der Waals surface area contributed by atoms with Gasteiger partial charge in [0.25, 0.3) is 5.91 Å². The third kappa shape index (κ3) is 6.35. The molecule has 2 aromatic heterocycles. The number of benzene rings is 2. The number of rotatable bonds is 10. The van der Waals surface area contributed by atoms with Gasteiger partial charge in [0.05, 0.1) is 23.0 Å². The first-order valence-corrected chi connectivity index (χ1v) is 13.7. The lowest BCUT2D eigenvalue weighted by Crippen LogP contribution is -2.64. The molecule has 0 saturated heterocycles. The van der Waals surface area contributed by atoms with E-state index < -0.39 is 33.5 Å². The highest BCUT2D eigenvalue weighted by molar-refractivity contribution is 7.89. The summed E-state index contributed by atoms with van der Waals surface area (Å²) in [5.41, 5.74) is 0.416. The molecule has 0 radical (unpaired) electrons. The van der Waals surface area contributed by atoms with Crippen molar-refractivity contribution >= 4 is 44.7 Å². The molecule has 4 rings (SSSR count). The number of esters is 1. The van der Waals surface area contributed by atoms with E-state index in [0.717, 1.165) is 5.56 Å². The Hall–Kier alpha value is -4.56. The van der Waals surface area contributed by atoms with Gasteiger partial charge in [-0.1, -0.05) is 17.7 Å². The molecule has 5 N–H and O–H groups in total. The number of nitrogens with one attached hydrogen (secondary N) is 5. The highest BCUT2D eigenvalue weighted by Gasteiger charge is 2.42. The molecule has 1 atom stereocenters. The van der Waals surface area contributed by atoms with Crippen molar-refractivity contribution in [1.29, 1.82) is 0 Å². The minimum Gasteiger partial charge on any atom is -0.462 e. The van der Waals surface area contributed by atoms with E-state index in [1.165, 1.54) is 31.6 Å². The van der Waals surface area contributed by atoms with Crippen molar-refractivity contribution in [2.75, 3.05) is 11.9 Å². The minimum absolute atomic E-state index is 0.0241. The van der Waals surface area contributed by atoms with Gasteiger partial charge in [0.2, 0.25) is 27.5 Å². The van der Waals surface area contributed by atoms with Crippen LogP contribution in [0.4, 0.5) is 5.95 Å². The van der Waals surface area contributed by atoms with Crippen molar-refractivity contribution in [3.8, 4) is 0 Å². The van der Waals surface area contributed by atoms with Gasteiger partial charge in [-0.05, 0) is 57.0 Å². The molecule has 2 aromatic carbocycles. The van der Waals surface area contributed by atoms with Crippen molar-refractivity contribution in [2.24, 2.45) is 0 Å². The standard InChI is InChI=1S/C26H29N7O6S/c1-15-11-16(2)22(17(3)12-15)40(37,38)33-26(4,24(36)39-10-7-21(34)30-25-27-8-9-28-25)31-23(35)18-5-6-20-19(13-18)14-29-32-20/h5-6,8-9,11-14,33H,7,10H2,1-4H3,(H,29,32)(H,31,35)(H2,27,28,30,34)/t26-/m0/s1. The van der Waals surface area contributed by atoms with Crippen LogP contribution in [0.15, 0.2) is 53.8 Å². The molecule has 0 spiro atoms. The number of aromatic nitrogens is 4. The Bertz CT molecular complexity index is 1660. The van der Waals surface area contributed by atoms with Crippen LogP contribution in [0.3, 0.4) is 0 Å². The van der Waals surface area contributed by atoms with Gasteiger partial charge in [-0.3, -0.25) is 20.0 Å². The molecule has 14 heteroatoms. The second-order valence-corrected chi connectivity index (χ2v) is 11.1. The number of aryl methyl sites for hydroxylation is 3. The lowest BCUT2D eigenvalue weighted by atomic mass is 10.1. The van der Waals surface area contributed by atoms with Gasteiger partial charge >= 0.3 is 5.97 Å². The van der Waals surface area contributed by atoms with Crippen molar-refractivity contribution in [3.63, 3.8) is 0 Å². The third-order valence-electron chi connectivity index (χ3n) is 6.00. The zero-order valence-corrected chi connectivity index (χ0v) is 23.1. The molecule has 0 unspecified atom stereocenters. The Morgan fingerprint density at radius 2 is 1.80 bits per heavy atom. The molecular formula is C26H29N7O6S. The van der Waals surface area contributed by atoms with Crippen molar-refractivity contribution < 1.29 is 27.5 Å². The molecule has 0 saturated carbocycles. The summed E-state index contributed by atoms with van der Waals surface area (Å²) >= 11 is 0. The summed E-state index contributed by atoms with van der Waals surface area (Å²) in [4.78, 5) is 45.3. The Kier molecular flexibility index (Phi) is 8.02. The second kappa shape index (κ2) is 11.3. The van der Waals surface area contributed by atoms with Gasteiger partial charge in [0.1, 0.15) is 6.61 Å². The van der Waals surface area contributed by atoms with E-state index in [1.807, 2.05) is 6.92 Å². The molecule has 210 valence electrons. The summed E-state index contributed by atoms with van der Waals surface area (Å²) in [5, 5.41) is 12.3. The Morgan fingerprint density at radius 1 is 1.07 bits per heavy atom. The highest BCUT2D eigenvalue weighted by atomic mass is 32.2. The molecule has 40 heavy (non-hydrogen) atoms. The topological polar surface area (TPSA) is 188 Å². The molecule has 2 amide bonds. The van der Waals surface area contributed by atoms with Crippen LogP contribution in [0.2, 0.25) is 0 Å². The van der Waals surface area contributed by atoms with E-state index in [4.69, 9.17) is 4.74 Å². The van der Waals surface area contributed by atoms with E-state index in [2.05, 4.69) is 35.5 Å². The largest absolute Gasteiger partial charge is 0.462 e. The number of carbonyl (C=O) groups excluding carboxylic acids is 3. The summed E-state index contributed by atoms with van der Waals surface area (Å²) in [6.45, 7) is 5.91. The number of carbonyl (C=O) groups is 3. The number of fused-ring (bicyclic) bond motifs is 1. The van der Waals surface area contributed by atoms with Crippen LogP contribution in [-0.2, 0) is 24.3 Å². The average Bonchev–Trinajstić information content (AvgIpc) is 3.54. The first-order chi connectivity index (χ1) is 18.9. The predicted octanol–water partition coefficient (Wildman–Crippen LogP) is 2.21. The fraction of sp³-hybridized carbons (Fsp3) is 0.269. The van der Waals surface area contributed by atoms with Gasteiger partial charge in [0.15, 0.2) is 0 Å². The van der Waals surface area contributed by atoms with E-state index in [9.17, 15) is 22.8 Å². The number of H-pyrrole nitrogens is 2. The van der Waals surface area contributed by atoms with Gasteiger partial charge < -0.3 is 15.0 Å². The maximum atomic E-state index is 13.6. The zero-order chi connectivity index (χ0) is 29.1. The molecule has 0 aliphatic rings. The van der Waals surface area contributed by atoms with Crippen LogP contribution in [0.5, 0.6) is 0 Å². The van der Waals surface area contributed by atoms with E-state index in [-0.39, 0.29) is 29.4 Å². The summed E-state index contributed by atoms with van der Waals surface area (Å²) in [6, 6.07) is 8.08. The number of hydrogen-bond donors (Lipinski definition) is 5. The lowest BCUT2D eigenvalue weighted by molar-refractivity contribution is -0.151. The van der Waals surface area contributed by atoms with E-state index in [0.29, 0.717) is 22.0 Å². The zero-order valence-electron chi connectivity index (χ0n) is 22.3. The number of sulfonamides is 1. The number of nitrogens with zero attached hydrogens (tertiary/aromatic N) is 2. The van der Waals surface area contributed by atoms with Gasteiger partial charge in [0, 0.05) is 23.3 Å². The molecule has 0 fully saturated rings. The molecule has 4 aromatic rings. The van der Waals surface area contributed by atoms with Gasteiger partial charge in [-0.2, -0.15) is 9.82 Å². The van der Waals surface area contributed by atoms with Crippen molar-refractivity contribution in [2.45, 2.75) is 44.7 Å². The summed E-state index contributed by atoms with van der Waals surface area (Å²) < 4.78 is 34.7. The predicted molar refractivity (Wildman–Crippen MR) is 146 cm³/mol. The molecule has 0 aliphatic carbocycles. The summed E-state index contributed by atoms with van der Waals surface area (Å²) in [5.74, 6) is -2.12. The van der Waals surface area contributed by atoms with Crippen LogP contribution >= 0.6 is 0 Å². The van der Waals surface area contributed by atoms with Gasteiger partial charge in [-0.25, -0.2) is 18.2 Å². The molecular weight excluding hydrogens is 538 g/mol. The SMILES string of the molecule is Cc1cc(C)c(S(=O)(=O)N[C@](C)(NC(=O)c2ccc3[nH]ncc3c2)C(=O)OCCC(=O)Nc2ncc[nH]2)c(C)c1. The minimum atomic E-state index is -4.34. The van der Waals surface area contributed by atoms with Crippen LogP contribution in [0, 0.1) is 20.8 Å². The Labute approximate surface area is 230 Å². The van der Waals surface area contributed by atoms with Crippen LogP contribution in [-0.4, -0.2) is 58.6 Å². The fourth-order valence-corrected chi connectivity index (χ4v) is 6.06. The summed E-state index contributed by atoms with van der Waals surface area (Å²) in [6.07, 6.45) is 4.27. The maximum absolute atomic E-state index is 13.6. The highest BCUT2D eigenvalue weighted by Crippen LogP contribution is 2.23. The molecule has 0 aliphatic heterocycles. The average molecular weight is 568 g/mol. The maximum Gasteiger partial charge on any atom is 0.347 e. The number of aromatic amines is 2. The van der Waals surface area contributed by atoms with Crippen LogP contribution in [0.25, 0.3) is 10.9 Å². The lowest BCUT2D eigenvalue weighted by Gasteiger charge is -2.30. The van der Waals surface area contributed by atoms with Crippen LogP contribution < -0.4 is 15.4 Å². The molecule has 13 nitrogen and oxygen atoms in total. The Balaban J connectivity index is 1.57. The van der Waals surface area contributed by atoms with Gasteiger partial charge in [-0.15, -0.1) is 0 Å². The number of ether oxygens (including phenoxy) is 1. The van der Waals surface area contributed by atoms with E-state index >= 15 is 0 Å². The second-order valence-electron chi connectivity index (χ2n) is 9.46. The quantitative estimate of drug-likeness (QED) is 0.142. The normalized spacial score (nSPS) is 13.0. The number of hydrogen-bond acceptors (Lipinski definition) is 8. The third-order valence-corrected chi connectivity index (χ3v) is 7.86. The Morgan fingerprint density at radius 3 is 2.48 bits per heavy atom. The molecule has 0 bridgehead atoms. The first kappa shape index (κ1) is 28.4. The molecule has 2 heterocycles. The number of imidazole rings is 1. The van der Waals surface area contributed by atoms with Crippen molar-refractivity contribution in [3.05, 3.63) is 71.2 Å². The summed E-state index contributed by atoms with van der Waals surface area (Å²) in [7, 11) is -4.34. The number of amides is 2. The fourth-order valence-electron chi connectivity index (χ4n) is 4.32. The van der Waals surface area contributed by atoms with Crippen molar-refractivity contribution in [1.82, 2.24) is 30.2 Å². The monoisotopic (exact) mass is 567 g/mol. The van der Waals surface area contributed by atoms with Crippen LogP contribution in [0.1, 0.15) is 40.4 Å². The van der Waals surface area contributed by atoms with E-state index in [1.54, 1.807) is 38.1 Å². The first-order valence-electron chi connectivity index (χ1n) is 12.2. The smallest absolute Gasteiger partial charge is 0.347 e. The number of anilines is 1.